The zero-order chi connectivity index (χ0) is 13.9. The highest BCUT2D eigenvalue weighted by Crippen LogP contribution is 2.31. The Labute approximate surface area is 120 Å². The van der Waals surface area contributed by atoms with Crippen LogP contribution in [0.15, 0.2) is 24.3 Å². The summed E-state index contributed by atoms with van der Waals surface area (Å²) in [6.07, 6.45) is 5.46. The van der Waals surface area contributed by atoms with Gasteiger partial charge in [0, 0.05) is 30.5 Å². The van der Waals surface area contributed by atoms with Crippen molar-refractivity contribution < 1.29 is 4.79 Å². The van der Waals surface area contributed by atoms with Crippen LogP contribution in [0, 0.1) is 5.92 Å². The Hall–Kier alpha value is -1.71. The van der Waals surface area contributed by atoms with Crippen LogP contribution in [0.2, 0.25) is 0 Å². The van der Waals surface area contributed by atoms with Gasteiger partial charge in [0.25, 0.3) is 0 Å². The van der Waals surface area contributed by atoms with Crippen molar-refractivity contribution in [2.45, 2.75) is 38.6 Å². The molecule has 1 aromatic carbocycles. The van der Waals surface area contributed by atoms with Crippen molar-refractivity contribution in [2.24, 2.45) is 5.92 Å². The van der Waals surface area contributed by atoms with E-state index in [-0.39, 0.29) is 6.03 Å². The number of carbonyl (C=O) groups is 1. The minimum atomic E-state index is 0.00376. The molecule has 0 aromatic heterocycles. The van der Waals surface area contributed by atoms with Gasteiger partial charge in [-0.05, 0) is 43.5 Å². The van der Waals surface area contributed by atoms with E-state index in [1.807, 2.05) is 12.1 Å². The van der Waals surface area contributed by atoms with Crippen molar-refractivity contribution in [1.29, 1.82) is 0 Å². The third kappa shape index (κ3) is 2.89. The normalized spacial score (nSPS) is 20.4. The zero-order valence-electron chi connectivity index (χ0n) is 12.1. The fourth-order valence-corrected chi connectivity index (χ4v) is 3.03. The lowest BCUT2D eigenvalue weighted by molar-refractivity contribution is 0.252. The molecule has 2 aliphatic rings. The van der Waals surface area contributed by atoms with Gasteiger partial charge in [-0.1, -0.05) is 19.3 Å². The molecule has 0 spiro atoms. The van der Waals surface area contributed by atoms with Gasteiger partial charge in [0.2, 0.25) is 0 Å². The summed E-state index contributed by atoms with van der Waals surface area (Å²) in [4.78, 5) is 13.4. The molecule has 1 aliphatic carbocycles. The van der Waals surface area contributed by atoms with Crippen LogP contribution in [0.4, 0.5) is 16.2 Å². The monoisotopic (exact) mass is 273 g/mol. The summed E-state index contributed by atoms with van der Waals surface area (Å²) in [5.41, 5.74) is 2.11. The predicted octanol–water partition coefficient (Wildman–Crippen LogP) is 3.21. The quantitative estimate of drug-likeness (QED) is 0.865. The Bertz CT molecular complexity index is 467. The number of hydrogen-bond acceptors (Lipinski definition) is 2. The Kier molecular flexibility index (Phi) is 3.81. The molecule has 0 bridgehead atoms. The molecule has 2 fully saturated rings. The number of anilines is 2. The summed E-state index contributed by atoms with van der Waals surface area (Å²) < 4.78 is 0. The first-order valence-corrected chi connectivity index (χ1v) is 7.64. The van der Waals surface area contributed by atoms with Gasteiger partial charge in [-0.15, -0.1) is 0 Å². The minimum Gasteiger partial charge on any atom is -0.383 e. The fraction of sp³-hybridized carbons (Fsp3) is 0.562. The molecule has 1 unspecified atom stereocenters. The molecule has 1 atom stereocenters. The van der Waals surface area contributed by atoms with E-state index >= 15 is 0 Å². The van der Waals surface area contributed by atoms with Gasteiger partial charge in [-0.25, -0.2) is 4.79 Å². The summed E-state index contributed by atoms with van der Waals surface area (Å²) in [7, 11) is 0. The first-order valence-electron chi connectivity index (χ1n) is 7.64. The van der Waals surface area contributed by atoms with Crippen LogP contribution in [-0.4, -0.2) is 25.2 Å². The third-order valence-electron chi connectivity index (χ3n) is 4.36. The molecule has 1 aliphatic heterocycles. The molecule has 1 saturated heterocycles. The molecule has 4 nitrogen and oxygen atoms in total. The van der Waals surface area contributed by atoms with E-state index in [4.69, 9.17) is 0 Å². The maximum atomic E-state index is 11.6. The van der Waals surface area contributed by atoms with Gasteiger partial charge in [0.15, 0.2) is 0 Å². The predicted molar refractivity (Wildman–Crippen MR) is 82.2 cm³/mol. The SMILES string of the molecule is CC(CC1CCC1)Nc1ccc(N2CCNC2=O)cc1. The number of urea groups is 1. The molecule has 1 heterocycles. The number of rotatable bonds is 5. The van der Waals surface area contributed by atoms with Crippen LogP contribution in [0.3, 0.4) is 0 Å². The van der Waals surface area contributed by atoms with E-state index in [9.17, 15) is 4.79 Å². The second kappa shape index (κ2) is 5.73. The van der Waals surface area contributed by atoms with Gasteiger partial charge in [0.1, 0.15) is 0 Å². The van der Waals surface area contributed by atoms with Crippen molar-refractivity contribution in [2.75, 3.05) is 23.3 Å². The van der Waals surface area contributed by atoms with Crippen molar-refractivity contribution in [3.63, 3.8) is 0 Å². The van der Waals surface area contributed by atoms with Crippen molar-refractivity contribution >= 4 is 17.4 Å². The number of nitrogens with one attached hydrogen (secondary N) is 2. The number of nitrogens with zero attached hydrogens (tertiary/aromatic N) is 1. The molecule has 2 N–H and O–H groups in total. The number of amides is 2. The molecule has 0 radical (unpaired) electrons. The molecule has 2 amide bonds. The Morgan fingerprint density at radius 3 is 2.65 bits per heavy atom. The summed E-state index contributed by atoms with van der Waals surface area (Å²) in [5, 5.41) is 6.37. The zero-order valence-corrected chi connectivity index (χ0v) is 12.1. The standard InChI is InChI=1S/C16H23N3O/c1-12(11-13-3-2-4-13)18-14-5-7-15(8-6-14)19-10-9-17-16(19)20/h5-8,12-13,18H,2-4,9-11H2,1H3,(H,17,20). The number of carbonyl (C=O) groups excluding carboxylic acids is 1. The molecule has 1 aromatic rings. The maximum Gasteiger partial charge on any atom is 0.321 e. The van der Waals surface area contributed by atoms with E-state index in [0.29, 0.717) is 6.04 Å². The second-order valence-electron chi connectivity index (χ2n) is 6.01. The second-order valence-corrected chi connectivity index (χ2v) is 6.01. The van der Waals surface area contributed by atoms with Gasteiger partial charge in [-0.3, -0.25) is 4.90 Å². The lowest BCUT2D eigenvalue weighted by Gasteiger charge is -2.29. The minimum absolute atomic E-state index is 0.00376. The van der Waals surface area contributed by atoms with E-state index in [2.05, 4.69) is 29.7 Å². The van der Waals surface area contributed by atoms with Gasteiger partial charge in [-0.2, -0.15) is 0 Å². The highest BCUT2D eigenvalue weighted by atomic mass is 16.2. The van der Waals surface area contributed by atoms with Gasteiger partial charge in [0.05, 0.1) is 0 Å². The first kappa shape index (κ1) is 13.3. The van der Waals surface area contributed by atoms with E-state index in [1.165, 1.54) is 25.7 Å². The third-order valence-corrected chi connectivity index (χ3v) is 4.36. The maximum absolute atomic E-state index is 11.6. The molecular formula is C16H23N3O. The summed E-state index contributed by atoms with van der Waals surface area (Å²) in [5.74, 6) is 0.921. The van der Waals surface area contributed by atoms with Crippen molar-refractivity contribution in [3.8, 4) is 0 Å². The van der Waals surface area contributed by atoms with Crippen LogP contribution in [0.1, 0.15) is 32.6 Å². The van der Waals surface area contributed by atoms with Crippen LogP contribution in [-0.2, 0) is 0 Å². The molecule has 3 rings (SSSR count). The largest absolute Gasteiger partial charge is 0.383 e. The molecular weight excluding hydrogens is 250 g/mol. The van der Waals surface area contributed by atoms with Crippen LogP contribution in [0.25, 0.3) is 0 Å². The first-order chi connectivity index (χ1) is 9.72. The van der Waals surface area contributed by atoms with Crippen LogP contribution < -0.4 is 15.5 Å². The number of hydrogen-bond donors (Lipinski definition) is 2. The molecule has 1 saturated carbocycles. The summed E-state index contributed by atoms with van der Waals surface area (Å²) in [6, 6.07) is 8.69. The fourth-order valence-electron chi connectivity index (χ4n) is 3.03. The summed E-state index contributed by atoms with van der Waals surface area (Å²) in [6.45, 7) is 3.74. The Balaban J connectivity index is 1.56. The van der Waals surface area contributed by atoms with Gasteiger partial charge < -0.3 is 10.6 Å². The average Bonchev–Trinajstić information content (AvgIpc) is 2.81. The highest BCUT2D eigenvalue weighted by molar-refractivity contribution is 5.94. The average molecular weight is 273 g/mol. The van der Waals surface area contributed by atoms with E-state index in [0.717, 1.165) is 30.4 Å². The van der Waals surface area contributed by atoms with Crippen LogP contribution in [0.5, 0.6) is 0 Å². The van der Waals surface area contributed by atoms with Crippen LogP contribution >= 0.6 is 0 Å². The van der Waals surface area contributed by atoms with Gasteiger partial charge >= 0.3 is 6.03 Å². The molecule has 4 heteroatoms. The molecule has 108 valence electrons. The van der Waals surface area contributed by atoms with Crippen molar-refractivity contribution in [3.05, 3.63) is 24.3 Å². The summed E-state index contributed by atoms with van der Waals surface area (Å²) >= 11 is 0. The number of benzene rings is 1. The Morgan fingerprint density at radius 1 is 1.35 bits per heavy atom. The smallest absolute Gasteiger partial charge is 0.321 e. The molecule has 20 heavy (non-hydrogen) atoms. The lowest BCUT2D eigenvalue weighted by Crippen LogP contribution is -2.27. The lowest BCUT2D eigenvalue weighted by atomic mass is 9.81. The highest BCUT2D eigenvalue weighted by Gasteiger charge is 2.21. The van der Waals surface area contributed by atoms with Crippen molar-refractivity contribution in [1.82, 2.24) is 5.32 Å². The van der Waals surface area contributed by atoms with E-state index in [1.54, 1.807) is 4.90 Å². The topological polar surface area (TPSA) is 44.4 Å². The Morgan fingerprint density at radius 2 is 2.10 bits per heavy atom. The van der Waals surface area contributed by atoms with E-state index < -0.39 is 0 Å².